The van der Waals surface area contributed by atoms with Crippen molar-refractivity contribution in [3.8, 4) is 0 Å². The van der Waals surface area contributed by atoms with Gasteiger partial charge in [0.2, 0.25) is 11.8 Å². The molecule has 1 aromatic carbocycles. The van der Waals surface area contributed by atoms with Gasteiger partial charge in [-0.2, -0.15) is 5.10 Å². The highest BCUT2D eigenvalue weighted by atomic mass is 35.5. The van der Waals surface area contributed by atoms with Gasteiger partial charge in [-0.1, -0.05) is 42.6 Å². The monoisotopic (exact) mass is 386 g/mol. The van der Waals surface area contributed by atoms with Gasteiger partial charge in [-0.15, -0.1) is 0 Å². The molecule has 142 valence electrons. The minimum absolute atomic E-state index is 0.103. The lowest BCUT2D eigenvalue weighted by molar-refractivity contribution is -0.129. The van der Waals surface area contributed by atoms with Gasteiger partial charge in [0.1, 0.15) is 5.82 Å². The number of benzene rings is 1. The highest BCUT2D eigenvalue weighted by Crippen LogP contribution is 2.30. The molecule has 2 aliphatic rings. The van der Waals surface area contributed by atoms with E-state index in [1.807, 2.05) is 29.2 Å². The van der Waals surface area contributed by atoms with Crippen molar-refractivity contribution in [2.45, 2.75) is 44.7 Å². The van der Waals surface area contributed by atoms with Crippen molar-refractivity contribution < 1.29 is 9.59 Å². The first-order valence-corrected chi connectivity index (χ1v) is 9.85. The summed E-state index contributed by atoms with van der Waals surface area (Å²) in [6.45, 7) is 0.994. The van der Waals surface area contributed by atoms with E-state index in [0.717, 1.165) is 18.4 Å². The van der Waals surface area contributed by atoms with Crippen LogP contribution >= 0.6 is 11.6 Å². The van der Waals surface area contributed by atoms with E-state index in [9.17, 15) is 9.59 Å². The molecule has 6 nitrogen and oxygen atoms in total. The largest absolute Gasteiger partial charge is 0.339 e. The first-order valence-electron chi connectivity index (χ1n) is 9.47. The molecule has 27 heavy (non-hydrogen) atoms. The molecule has 1 aromatic heterocycles. The predicted octanol–water partition coefficient (Wildman–Crippen LogP) is 3.31. The smallest absolute Gasteiger partial charge is 0.230 e. The molecule has 1 aliphatic carbocycles. The number of halogens is 1. The number of carbonyl (C=O) groups excluding carboxylic acids is 2. The second kappa shape index (κ2) is 7.72. The Morgan fingerprint density at radius 2 is 2.00 bits per heavy atom. The van der Waals surface area contributed by atoms with E-state index < -0.39 is 0 Å². The van der Waals surface area contributed by atoms with Crippen LogP contribution in [0.25, 0.3) is 0 Å². The first kappa shape index (κ1) is 18.0. The van der Waals surface area contributed by atoms with Gasteiger partial charge < -0.3 is 10.2 Å². The molecular weight excluding hydrogens is 364 g/mol. The number of anilines is 1. The van der Waals surface area contributed by atoms with Crippen molar-refractivity contribution in [2.75, 3.05) is 11.9 Å². The molecular formula is C20H23ClN4O2. The van der Waals surface area contributed by atoms with Gasteiger partial charge in [0.05, 0.1) is 18.7 Å². The minimum Gasteiger partial charge on any atom is -0.339 e. The van der Waals surface area contributed by atoms with Crippen molar-refractivity contribution in [1.82, 2.24) is 14.7 Å². The number of rotatable bonds is 5. The number of amides is 2. The van der Waals surface area contributed by atoms with Crippen molar-refractivity contribution >= 4 is 29.2 Å². The SMILES string of the molecule is O=C(Nc1ccnn1Cc1ccccc1Cl)C1CC(=O)N(C2CCCC2)C1. The molecule has 0 spiro atoms. The lowest BCUT2D eigenvalue weighted by Gasteiger charge is -2.23. The molecule has 4 rings (SSSR count). The highest BCUT2D eigenvalue weighted by molar-refractivity contribution is 6.31. The summed E-state index contributed by atoms with van der Waals surface area (Å²) in [7, 11) is 0. The van der Waals surface area contributed by atoms with Crippen LogP contribution in [0.2, 0.25) is 5.02 Å². The zero-order valence-corrected chi connectivity index (χ0v) is 15.9. The van der Waals surface area contributed by atoms with Crippen molar-refractivity contribution in [3.63, 3.8) is 0 Å². The molecule has 0 radical (unpaired) electrons. The molecule has 1 unspecified atom stereocenters. The van der Waals surface area contributed by atoms with Gasteiger partial charge in [-0.05, 0) is 24.5 Å². The Hall–Kier alpha value is -2.34. The Morgan fingerprint density at radius 3 is 2.78 bits per heavy atom. The fourth-order valence-corrected chi connectivity index (χ4v) is 4.25. The fraction of sp³-hybridized carbons (Fsp3) is 0.450. The van der Waals surface area contributed by atoms with Crippen molar-refractivity contribution in [3.05, 3.63) is 47.1 Å². The zero-order valence-electron chi connectivity index (χ0n) is 15.1. The number of hydrogen-bond donors (Lipinski definition) is 1. The lowest BCUT2D eigenvalue weighted by Crippen LogP contribution is -2.35. The average molecular weight is 387 g/mol. The molecule has 2 fully saturated rings. The van der Waals surface area contributed by atoms with Crippen molar-refractivity contribution in [1.29, 1.82) is 0 Å². The number of nitrogens with one attached hydrogen (secondary N) is 1. The van der Waals surface area contributed by atoms with Gasteiger partial charge in [-0.25, -0.2) is 4.68 Å². The van der Waals surface area contributed by atoms with Crippen LogP contribution in [0.3, 0.4) is 0 Å². The third kappa shape index (κ3) is 3.86. The van der Waals surface area contributed by atoms with E-state index in [4.69, 9.17) is 11.6 Å². The van der Waals surface area contributed by atoms with Crippen LogP contribution in [0.1, 0.15) is 37.7 Å². The summed E-state index contributed by atoms with van der Waals surface area (Å²) in [5.41, 5.74) is 0.932. The third-order valence-corrected chi connectivity index (χ3v) is 5.91. The first-order chi connectivity index (χ1) is 13.1. The Morgan fingerprint density at radius 1 is 1.22 bits per heavy atom. The van der Waals surface area contributed by atoms with Gasteiger partial charge in [-0.3, -0.25) is 9.59 Å². The summed E-state index contributed by atoms with van der Waals surface area (Å²) in [6.07, 6.45) is 6.41. The van der Waals surface area contributed by atoms with E-state index >= 15 is 0 Å². The molecule has 1 atom stereocenters. The van der Waals surface area contributed by atoms with E-state index in [0.29, 0.717) is 36.4 Å². The third-order valence-electron chi connectivity index (χ3n) is 5.54. The zero-order chi connectivity index (χ0) is 18.8. The van der Waals surface area contributed by atoms with E-state index in [1.165, 1.54) is 12.8 Å². The molecule has 1 N–H and O–H groups in total. The molecule has 2 aromatic rings. The van der Waals surface area contributed by atoms with Gasteiger partial charge in [0.15, 0.2) is 0 Å². The van der Waals surface area contributed by atoms with Crippen LogP contribution in [-0.4, -0.2) is 39.1 Å². The molecule has 2 amide bonds. The Balaban J connectivity index is 1.41. The van der Waals surface area contributed by atoms with Gasteiger partial charge in [0, 0.05) is 30.1 Å². The minimum atomic E-state index is -0.304. The average Bonchev–Trinajstić information content (AvgIpc) is 3.38. The van der Waals surface area contributed by atoms with Crippen LogP contribution in [-0.2, 0) is 16.1 Å². The number of likely N-dealkylation sites (tertiary alicyclic amines) is 1. The normalized spacial score (nSPS) is 20.4. The van der Waals surface area contributed by atoms with Crippen LogP contribution in [0, 0.1) is 5.92 Å². The molecule has 1 aliphatic heterocycles. The topological polar surface area (TPSA) is 67.2 Å². The number of nitrogens with zero attached hydrogens (tertiary/aromatic N) is 3. The van der Waals surface area contributed by atoms with Gasteiger partial charge >= 0.3 is 0 Å². The molecule has 1 saturated heterocycles. The van der Waals surface area contributed by atoms with Gasteiger partial charge in [0.25, 0.3) is 0 Å². The standard InChI is InChI=1S/C20H23ClN4O2/c21-17-8-4-1-5-14(17)13-25-18(9-10-22-25)23-20(27)15-11-19(26)24(12-15)16-6-2-3-7-16/h1,4-5,8-10,15-16H,2-3,6-7,11-13H2,(H,23,27). The maximum absolute atomic E-state index is 12.7. The number of hydrogen-bond acceptors (Lipinski definition) is 3. The summed E-state index contributed by atoms with van der Waals surface area (Å²) >= 11 is 6.23. The molecule has 7 heteroatoms. The van der Waals surface area contributed by atoms with Crippen LogP contribution in [0.5, 0.6) is 0 Å². The summed E-state index contributed by atoms with van der Waals surface area (Å²) in [6, 6.07) is 9.65. The Labute approximate surface area is 163 Å². The fourth-order valence-electron chi connectivity index (χ4n) is 4.06. The Kier molecular flexibility index (Phi) is 5.16. The van der Waals surface area contributed by atoms with E-state index in [1.54, 1.807) is 16.9 Å². The molecule has 1 saturated carbocycles. The van der Waals surface area contributed by atoms with Crippen molar-refractivity contribution in [2.24, 2.45) is 5.92 Å². The summed E-state index contributed by atoms with van der Waals surface area (Å²) in [4.78, 5) is 27.0. The number of carbonyl (C=O) groups is 2. The quantitative estimate of drug-likeness (QED) is 0.857. The van der Waals surface area contributed by atoms with Crippen LogP contribution in [0.4, 0.5) is 5.82 Å². The second-order valence-corrected chi connectivity index (χ2v) is 7.75. The maximum atomic E-state index is 12.7. The summed E-state index contributed by atoms with van der Waals surface area (Å²) in [5.74, 6) is 0.296. The Bertz CT molecular complexity index is 844. The highest BCUT2D eigenvalue weighted by Gasteiger charge is 2.38. The second-order valence-electron chi connectivity index (χ2n) is 7.34. The van der Waals surface area contributed by atoms with E-state index in [-0.39, 0.29) is 17.7 Å². The van der Waals surface area contributed by atoms with Crippen LogP contribution < -0.4 is 5.32 Å². The molecule has 2 heterocycles. The summed E-state index contributed by atoms with van der Waals surface area (Å²) in [5, 5.41) is 7.90. The lowest BCUT2D eigenvalue weighted by atomic mass is 10.1. The molecule has 0 bridgehead atoms. The summed E-state index contributed by atoms with van der Waals surface area (Å²) < 4.78 is 1.71. The maximum Gasteiger partial charge on any atom is 0.230 e. The van der Waals surface area contributed by atoms with E-state index in [2.05, 4.69) is 10.4 Å². The number of aromatic nitrogens is 2. The van der Waals surface area contributed by atoms with Crippen LogP contribution in [0.15, 0.2) is 36.5 Å². The predicted molar refractivity (Wildman–Crippen MR) is 103 cm³/mol.